The number of rotatable bonds is 6. The van der Waals surface area contributed by atoms with Crippen LogP contribution in [0.4, 0.5) is 22.0 Å². The molecule has 1 atom stereocenters. The number of carbonyl (C=O) groups is 2. The smallest absolute Gasteiger partial charge is 0.436 e. The van der Waals surface area contributed by atoms with Crippen molar-refractivity contribution in [1.29, 1.82) is 0 Å². The SMILES string of the molecule is CCOC(=O)[C@]1(COC(=O)c2cn(C)nc2C(F)(F)F)COC(c2ccc(F)c(F)c2)=N1. The number of nitrogens with zero attached hydrogens (tertiary/aromatic N) is 3. The second-order valence-electron chi connectivity index (χ2n) is 6.73. The van der Waals surface area contributed by atoms with E-state index in [1.54, 1.807) is 0 Å². The van der Waals surface area contributed by atoms with Gasteiger partial charge in [-0.05, 0) is 25.1 Å². The van der Waals surface area contributed by atoms with Crippen LogP contribution in [0.25, 0.3) is 0 Å². The number of hydrogen-bond acceptors (Lipinski definition) is 7. The number of halogens is 5. The number of alkyl halides is 3. The third kappa shape index (κ3) is 4.55. The quantitative estimate of drug-likeness (QED) is 0.485. The summed E-state index contributed by atoms with van der Waals surface area (Å²) in [6, 6.07) is 2.75. The van der Waals surface area contributed by atoms with Crippen LogP contribution in [-0.4, -0.2) is 53.0 Å². The monoisotopic (exact) mass is 461 g/mol. The molecule has 3 rings (SSSR count). The van der Waals surface area contributed by atoms with Gasteiger partial charge in [-0.3, -0.25) is 4.68 Å². The van der Waals surface area contributed by atoms with Crippen molar-refractivity contribution < 1.29 is 45.8 Å². The molecule has 172 valence electrons. The van der Waals surface area contributed by atoms with E-state index >= 15 is 0 Å². The molecule has 0 bridgehead atoms. The van der Waals surface area contributed by atoms with Crippen molar-refractivity contribution in [2.45, 2.75) is 18.6 Å². The Morgan fingerprint density at radius 2 is 1.94 bits per heavy atom. The van der Waals surface area contributed by atoms with Gasteiger partial charge in [-0.2, -0.15) is 18.3 Å². The van der Waals surface area contributed by atoms with Gasteiger partial charge in [0.1, 0.15) is 18.8 Å². The lowest BCUT2D eigenvalue weighted by Crippen LogP contribution is -2.45. The molecule has 1 aliphatic heterocycles. The normalized spacial score (nSPS) is 18.2. The summed E-state index contributed by atoms with van der Waals surface area (Å²) in [5.41, 5.74) is -4.27. The van der Waals surface area contributed by atoms with E-state index < -0.39 is 59.8 Å². The minimum absolute atomic E-state index is 0.00647. The van der Waals surface area contributed by atoms with E-state index in [1.165, 1.54) is 14.0 Å². The average molecular weight is 461 g/mol. The second-order valence-corrected chi connectivity index (χ2v) is 6.73. The molecule has 1 aromatic carbocycles. The third-order valence-corrected chi connectivity index (χ3v) is 4.34. The highest BCUT2D eigenvalue weighted by Crippen LogP contribution is 2.31. The molecule has 0 fully saturated rings. The van der Waals surface area contributed by atoms with Gasteiger partial charge >= 0.3 is 18.1 Å². The molecule has 0 unspecified atom stereocenters. The van der Waals surface area contributed by atoms with Crippen LogP contribution in [0.2, 0.25) is 0 Å². The highest BCUT2D eigenvalue weighted by molar-refractivity contribution is 5.99. The topological polar surface area (TPSA) is 92.0 Å². The molecular weight excluding hydrogens is 445 g/mol. The van der Waals surface area contributed by atoms with Crippen molar-refractivity contribution in [2.24, 2.45) is 12.0 Å². The lowest BCUT2D eigenvalue weighted by atomic mass is 10.0. The lowest BCUT2D eigenvalue weighted by Gasteiger charge is -2.21. The Hall–Kier alpha value is -3.51. The van der Waals surface area contributed by atoms with Crippen LogP contribution in [0.5, 0.6) is 0 Å². The molecule has 0 saturated carbocycles. The summed E-state index contributed by atoms with van der Waals surface area (Å²) in [4.78, 5) is 28.9. The minimum Gasteiger partial charge on any atom is -0.474 e. The number of aliphatic imine (C=N–C) groups is 1. The van der Waals surface area contributed by atoms with Crippen LogP contribution >= 0.6 is 0 Å². The van der Waals surface area contributed by atoms with Gasteiger partial charge in [0.2, 0.25) is 11.4 Å². The van der Waals surface area contributed by atoms with E-state index in [0.29, 0.717) is 0 Å². The van der Waals surface area contributed by atoms with Crippen LogP contribution in [0.3, 0.4) is 0 Å². The van der Waals surface area contributed by atoms with Crippen molar-refractivity contribution in [3.63, 3.8) is 0 Å². The summed E-state index contributed by atoms with van der Waals surface area (Å²) >= 11 is 0. The molecule has 0 aliphatic carbocycles. The van der Waals surface area contributed by atoms with Crippen molar-refractivity contribution >= 4 is 17.8 Å². The summed E-state index contributed by atoms with van der Waals surface area (Å²) in [6.07, 6.45) is -4.09. The molecule has 1 aliphatic rings. The summed E-state index contributed by atoms with van der Waals surface area (Å²) in [6.45, 7) is 0.0840. The Kier molecular flexibility index (Phi) is 6.19. The zero-order valence-corrected chi connectivity index (χ0v) is 16.7. The fourth-order valence-corrected chi connectivity index (χ4v) is 2.84. The van der Waals surface area contributed by atoms with Gasteiger partial charge in [-0.1, -0.05) is 0 Å². The number of carbonyl (C=O) groups excluding carboxylic acids is 2. The predicted molar refractivity (Wildman–Crippen MR) is 96.7 cm³/mol. The van der Waals surface area contributed by atoms with E-state index in [-0.39, 0.29) is 18.1 Å². The van der Waals surface area contributed by atoms with E-state index in [2.05, 4.69) is 10.1 Å². The van der Waals surface area contributed by atoms with Crippen LogP contribution in [-0.2, 0) is 32.2 Å². The number of benzene rings is 1. The first-order valence-electron chi connectivity index (χ1n) is 9.10. The van der Waals surface area contributed by atoms with Crippen molar-refractivity contribution in [2.75, 3.05) is 19.8 Å². The Morgan fingerprint density at radius 3 is 2.56 bits per heavy atom. The summed E-state index contributed by atoms with van der Waals surface area (Å²) in [5.74, 6) is -4.94. The predicted octanol–water partition coefficient (Wildman–Crippen LogP) is 2.65. The second kappa shape index (κ2) is 8.55. The molecule has 1 aromatic heterocycles. The number of esters is 2. The molecule has 0 spiro atoms. The standard InChI is InChI=1S/C19H16F5N3O5/c1-3-30-17(29)18(8-31-15(25-18)10-4-5-12(20)13(21)6-10)9-32-16(28)11-7-27(2)26-14(11)19(22,23)24/h4-7H,3,8-9H2,1-2H3/t18-/m1/s1. The van der Waals surface area contributed by atoms with Crippen molar-refractivity contribution in [3.8, 4) is 0 Å². The van der Waals surface area contributed by atoms with Gasteiger partial charge in [0, 0.05) is 18.8 Å². The first kappa shape index (κ1) is 23.2. The molecule has 0 saturated heterocycles. The summed E-state index contributed by atoms with van der Waals surface area (Å²) in [7, 11) is 1.19. The maximum atomic E-state index is 13.5. The Labute approximate surface area is 177 Å². The van der Waals surface area contributed by atoms with Crippen LogP contribution in [0, 0.1) is 11.6 Å². The molecule has 13 heteroatoms. The third-order valence-electron chi connectivity index (χ3n) is 4.34. The molecule has 8 nitrogen and oxygen atoms in total. The van der Waals surface area contributed by atoms with Crippen LogP contribution < -0.4 is 0 Å². The highest BCUT2D eigenvalue weighted by atomic mass is 19.4. The van der Waals surface area contributed by atoms with E-state index in [0.717, 1.165) is 29.1 Å². The van der Waals surface area contributed by atoms with Gasteiger partial charge in [0.05, 0.1) is 6.61 Å². The van der Waals surface area contributed by atoms with Crippen molar-refractivity contribution in [1.82, 2.24) is 9.78 Å². The van der Waals surface area contributed by atoms with Crippen molar-refractivity contribution in [3.05, 3.63) is 52.9 Å². The highest BCUT2D eigenvalue weighted by Gasteiger charge is 2.48. The zero-order valence-electron chi connectivity index (χ0n) is 16.7. The molecule has 2 aromatic rings. The number of aromatic nitrogens is 2. The summed E-state index contributed by atoms with van der Waals surface area (Å²) < 4.78 is 82.0. The Bertz CT molecular complexity index is 1080. The molecule has 0 N–H and O–H groups in total. The first-order chi connectivity index (χ1) is 15.0. The average Bonchev–Trinajstić information content (AvgIpc) is 3.33. The molecule has 2 heterocycles. The summed E-state index contributed by atoms with van der Waals surface area (Å²) in [5, 5.41) is 3.21. The maximum absolute atomic E-state index is 13.5. The number of aryl methyl sites for hydroxylation is 1. The van der Waals surface area contributed by atoms with Gasteiger partial charge in [0.25, 0.3) is 0 Å². The van der Waals surface area contributed by atoms with Gasteiger partial charge in [-0.15, -0.1) is 0 Å². The molecular formula is C19H16F5N3O5. The number of hydrogen-bond donors (Lipinski definition) is 0. The number of ether oxygens (including phenoxy) is 3. The fraction of sp³-hybridized carbons (Fsp3) is 0.368. The maximum Gasteiger partial charge on any atom is 0.436 e. The van der Waals surface area contributed by atoms with E-state index in [4.69, 9.17) is 14.2 Å². The van der Waals surface area contributed by atoms with Crippen LogP contribution in [0.1, 0.15) is 28.5 Å². The van der Waals surface area contributed by atoms with E-state index in [9.17, 15) is 31.5 Å². The fourth-order valence-electron chi connectivity index (χ4n) is 2.84. The minimum atomic E-state index is -4.91. The van der Waals surface area contributed by atoms with Gasteiger partial charge in [-0.25, -0.2) is 23.4 Å². The van der Waals surface area contributed by atoms with Gasteiger partial charge < -0.3 is 14.2 Å². The first-order valence-corrected chi connectivity index (χ1v) is 9.10. The van der Waals surface area contributed by atoms with Gasteiger partial charge in [0.15, 0.2) is 17.3 Å². The molecule has 0 amide bonds. The molecule has 32 heavy (non-hydrogen) atoms. The lowest BCUT2D eigenvalue weighted by molar-refractivity contribution is -0.152. The zero-order chi connectivity index (χ0) is 23.7. The Morgan fingerprint density at radius 1 is 1.22 bits per heavy atom. The van der Waals surface area contributed by atoms with E-state index in [1.807, 2.05) is 0 Å². The molecule has 0 radical (unpaired) electrons. The Balaban J connectivity index is 1.88. The van der Waals surface area contributed by atoms with Crippen LogP contribution in [0.15, 0.2) is 29.4 Å². The largest absolute Gasteiger partial charge is 0.474 e.